The molecule has 0 bridgehead atoms. The van der Waals surface area contributed by atoms with Gasteiger partial charge < -0.3 is 4.98 Å². The van der Waals surface area contributed by atoms with Crippen molar-refractivity contribution in [2.75, 3.05) is 0 Å². The molecule has 0 unspecified atom stereocenters. The summed E-state index contributed by atoms with van der Waals surface area (Å²) in [5.74, 6) is 0.361. The fourth-order valence-electron chi connectivity index (χ4n) is 3.54. The van der Waals surface area contributed by atoms with Gasteiger partial charge in [-0.05, 0) is 24.8 Å². The number of benzene rings is 1. The second-order valence-corrected chi connectivity index (χ2v) is 6.65. The molecule has 0 radical (unpaired) electrons. The molecular weight excluding hydrogens is 302 g/mol. The van der Waals surface area contributed by atoms with Crippen LogP contribution in [-0.2, 0) is 4.79 Å². The van der Waals surface area contributed by atoms with E-state index >= 15 is 0 Å². The Morgan fingerprint density at radius 1 is 1.08 bits per heavy atom. The Hall–Kier alpha value is -2.30. The van der Waals surface area contributed by atoms with Crippen molar-refractivity contribution in [2.24, 2.45) is 5.92 Å². The molecule has 128 valence electrons. The van der Waals surface area contributed by atoms with Crippen LogP contribution in [0, 0.1) is 5.92 Å². The number of amides is 2. The number of fused-ring (bicyclic) bond motifs is 1. The number of nitrogens with one attached hydrogen (secondary N) is 3. The molecule has 24 heavy (non-hydrogen) atoms. The van der Waals surface area contributed by atoms with Gasteiger partial charge in [0.2, 0.25) is 5.91 Å². The molecule has 1 aliphatic rings. The minimum atomic E-state index is -0.298. The van der Waals surface area contributed by atoms with Crippen molar-refractivity contribution in [3.8, 4) is 0 Å². The highest BCUT2D eigenvalue weighted by atomic mass is 16.2. The standard InChI is InChI=1S/C19H25N3O2/c23-18(12-6-9-14-7-2-1-3-8-14)21-22-19(24)16-13-20-17-11-5-4-10-15(16)17/h4-5,10-11,13-14,20H,1-3,6-9,12H2,(H,21,23)(H,22,24). The van der Waals surface area contributed by atoms with E-state index in [1.165, 1.54) is 32.1 Å². The maximum Gasteiger partial charge on any atom is 0.271 e. The topological polar surface area (TPSA) is 74.0 Å². The SMILES string of the molecule is O=C(CCCC1CCCCC1)NNC(=O)c1c[nH]c2ccccc12. The quantitative estimate of drug-likeness (QED) is 0.733. The average Bonchev–Trinajstić information content (AvgIpc) is 3.05. The number of hydrogen-bond donors (Lipinski definition) is 3. The Kier molecular flexibility index (Phi) is 5.51. The van der Waals surface area contributed by atoms with E-state index in [1.54, 1.807) is 6.20 Å². The molecule has 3 rings (SSSR count). The number of H-pyrrole nitrogens is 1. The lowest BCUT2D eigenvalue weighted by Gasteiger charge is -2.21. The van der Waals surface area contributed by atoms with E-state index in [0.29, 0.717) is 12.0 Å². The van der Waals surface area contributed by atoms with Gasteiger partial charge in [-0.3, -0.25) is 20.4 Å². The summed E-state index contributed by atoms with van der Waals surface area (Å²) in [6, 6.07) is 7.59. The molecule has 1 fully saturated rings. The normalized spacial score (nSPS) is 15.3. The second-order valence-electron chi connectivity index (χ2n) is 6.65. The van der Waals surface area contributed by atoms with E-state index in [2.05, 4.69) is 15.8 Å². The van der Waals surface area contributed by atoms with Crippen molar-refractivity contribution in [3.63, 3.8) is 0 Å². The Morgan fingerprint density at radius 2 is 1.88 bits per heavy atom. The van der Waals surface area contributed by atoms with Crippen LogP contribution >= 0.6 is 0 Å². The first-order valence-electron chi connectivity index (χ1n) is 8.89. The van der Waals surface area contributed by atoms with Crippen LogP contribution in [-0.4, -0.2) is 16.8 Å². The van der Waals surface area contributed by atoms with Crippen molar-refractivity contribution in [3.05, 3.63) is 36.0 Å². The average molecular weight is 327 g/mol. The molecule has 2 amide bonds. The molecule has 1 aromatic carbocycles. The van der Waals surface area contributed by atoms with Crippen molar-refractivity contribution >= 4 is 22.7 Å². The molecule has 1 aliphatic carbocycles. The summed E-state index contributed by atoms with van der Waals surface area (Å²) >= 11 is 0. The molecule has 5 heteroatoms. The van der Waals surface area contributed by atoms with Gasteiger partial charge in [0.05, 0.1) is 5.56 Å². The van der Waals surface area contributed by atoms with Crippen LogP contribution in [0.4, 0.5) is 0 Å². The molecule has 1 aromatic heterocycles. The summed E-state index contributed by atoms with van der Waals surface area (Å²) in [5, 5.41) is 0.849. The number of para-hydroxylation sites is 1. The van der Waals surface area contributed by atoms with Gasteiger partial charge in [0, 0.05) is 23.5 Å². The van der Waals surface area contributed by atoms with Crippen molar-refractivity contribution in [2.45, 2.75) is 51.4 Å². The third kappa shape index (κ3) is 4.16. The van der Waals surface area contributed by atoms with Gasteiger partial charge in [0.1, 0.15) is 0 Å². The van der Waals surface area contributed by atoms with Crippen molar-refractivity contribution in [1.29, 1.82) is 0 Å². The second kappa shape index (κ2) is 7.99. The van der Waals surface area contributed by atoms with E-state index in [0.717, 1.165) is 29.7 Å². The molecule has 1 saturated carbocycles. The van der Waals surface area contributed by atoms with E-state index in [9.17, 15) is 9.59 Å². The maximum absolute atomic E-state index is 12.2. The van der Waals surface area contributed by atoms with Crippen molar-refractivity contribution in [1.82, 2.24) is 15.8 Å². The highest BCUT2D eigenvalue weighted by Crippen LogP contribution is 2.27. The zero-order chi connectivity index (χ0) is 16.8. The lowest BCUT2D eigenvalue weighted by atomic mass is 9.86. The number of aromatic amines is 1. The minimum Gasteiger partial charge on any atom is -0.360 e. The number of carbonyl (C=O) groups is 2. The number of carbonyl (C=O) groups excluding carboxylic acids is 2. The zero-order valence-electron chi connectivity index (χ0n) is 13.9. The Bertz CT molecular complexity index is 701. The third-order valence-corrected chi connectivity index (χ3v) is 4.89. The molecule has 0 saturated heterocycles. The smallest absolute Gasteiger partial charge is 0.271 e. The van der Waals surface area contributed by atoms with Crippen LogP contribution in [0.1, 0.15) is 61.7 Å². The third-order valence-electron chi connectivity index (χ3n) is 4.89. The molecule has 0 aliphatic heterocycles. The fraction of sp³-hybridized carbons (Fsp3) is 0.474. The van der Waals surface area contributed by atoms with E-state index in [1.807, 2.05) is 24.3 Å². The van der Waals surface area contributed by atoms with Crippen LogP contribution in [0.15, 0.2) is 30.5 Å². The zero-order valence-corrected chi connectivity index (χ0v) is 13.9. The maximum atomic E-state index is 12.2. The molecular formula is C19H25N3O2. The lowest BCUT2D eigenvalue weighted by Crippen LogP contribution is -2.41. The molecule has 1 heterocycles. The Labute approximate surface area is 142 Å². The fourth-order valence-corrected chi connectivity index (χ4v) is 3.54. The number of hydrazine groups is 1. The predicted molar refractivity (Wildman–Crippen MR) is 94.3 cm³/mol. The highest BCUT2D eigenvalue weighted by Gasteiger charge is 2.15. The molecule has 2 aromatic rings. The minimum absolute atomic E-state index is 0.126. The van der Waals surface area contributed by atoms with E-state index in [-0.39, 0.29) is 11.8 Å². The van der Waals surface area contributed by atoms with Crippen LogP contribution < -0.4 is 10.9 Å². The first kappa shape index (κ1) is 16.6. The predicted octanol–water partition coefficient (Wildman–Crippen LogP) is 3.68. The summed E-state index contributed by atoms with van der Waals surface area (Å²) < 4.78 is 0. The van der Waals surface area contributed by atoms with Crippen LogP contribution in [0.25, 0.3) is 10.9 Å². The first-order valence-corrected chi connectivity index (χ1v) is 8.89. The van der Waals surface area contributed by atoms with Gasteiger partial charge in [0.25, 0.3) is 5.91 Å². The number of hydrogen-bond acceptors (Lipinski definition) is 2. The summed E-state index contributed by atoms with van der Waals surface area (Å²) in [6.45, 7) is 0. The molecule has 0 atom stereocenters. The molecule has 3 N–H and O–H groups in total. The van der Waals surface area contributed by atoms with Crippen molar-refractivity contribution < 1.29 is 9.59 Å². The van der Waals surface area contributed by atoms with Gasteiger partial charge in [-0.1, -0.05) is 50.3 Å². The van der Waals surface area contributed by atoms with Gasteiger partial charge >= 0.3 is 0 Å². The molecule has 5 nitrogen and oxygen atoms in total. The van der Waals surface area contributed by atoms with E-state index < -0.39 is 0 Å². The number of aromatic nitrogens is 1. The summed E-state index contributed by atoms with van der Waals surface area (Å²) in [6.07, 6.45) is 10.8. The summed E-state index contributed by atoms with van der Waals surface area (Å²) in [4.78, 5) is 27.1. The Balaban J connectivity index is 1.41. The highest BCUT2D eigenvalue weighted by molar-refractivity contribution is 6.07. The van der Waals surface area contributed by atoms with Crippen LogP contribution in [0.2, 0.25) is 0 Å². The van der Waals surface area contributed by atoms with Gasteiger partial charge in [-0.2, -0.15) is 0 Å². The Morgan fingerprint density at radius 3 is 2.71 bits per heavy atom. The van der Waals surface area contributed by atoms with E-state index in [4.69, 9.17) is 0 Å². The van der Waals surface area contributed by atoms with Gasteiger partial charge in [-0.25, -0.2) is 0 Å². The first-order chi connectivity index (χ1) is 11.7. The largest absolute Gasteiger partial charge is 0.360 e. The van der Waals surface area contributed by atoms with Gasteiger partial charge in [0.15, 0.2) is 0 Å². The monoisotopic (exact) mass is 327 g/mol. The molecule has 0 spiro atoms. The van der Waals surface area contributed by atoms with Crippen LogP contribution in [0.5, 0.6) is 0 Å². The number of rotatable bonds is 5. The summed E-state index contributed by atoms with van der Waals surface area (Å²) in [7, 11) is 0. The van der Waals surface area contributed by atoms with Crippen LogP contribution in [0.3, 0.4) is 0 Å². The lowest BCUT2D eigenvalue weighted by molar-refractivity contribution is -0.122. The summed E-state index contributed by atoms with van der Waals surface area (Å²) in [5.41, 5.74) is 6.47. The van der Waals surface area contributed by atoms with Gasteiger partial charge in [-0.15, -0.1) is 0 Å².